The lowest BCUT2D eigenvalue weighted by Crippen LogP contribution is -2.50. The van der Waals surface area contributed by atoms with E-state index in [2.05, 4.69) is 21.5 Å². The van der Waals surface area contributed by atoms with Gasteiger partial charge < -0.3 is 0 Å². The van der Waals surface area contributed by atoms with Crippen LogP contribution in [0.25, 0.3) is 0 Å². The van der Waals surface area contributed by atoms with Gasteiger partial charge in [0.05, 0.1) is 0 Å². The molecular weight excluding hydrogens is 248 g/mol. The highest BCUT2D eigenvalue weighted by atomic mass is 15.6. The van der Waals surface area contributed by atoms with Crippen molar-refractivity contribution in [2.24, 2.45) is 0 Å². The van der Waals surface area contributed by atoms with E-state index >= 15 is 0 Å². The number of rotatable bonds is 2. The van der Waals surface area contributed by atoms with E-state index in [0.717, 1.165) is 6.42 Å². The summed E-state index contributed by atoms with van der Waals surface area (Å²) in [6.45, 7) is 2.66. The molecule has 0 spiro atoms. The van der Waals surface area contributed by atoms with E-state index in [4.69, 9.17) is 21.3 Å². The van der Waals surface area contributed by atoms with Gasteiger partial charge >= 0.3 is 0 Å². The molecule has 19 heavy (non-hydrogen) atoms. The quantitative estimate of drug-likeness (QED) is 0.145. The van der Waals surface area contributed by atoms with Gasteiger partial charge in [0, 0.05) is 26.2 Å². The summed E-state index contributed by atoms with van der Waals surface area (Å²) in [6, 6.07) is 0. The van der Waals surface area contributed by atoms with Crippen molar-refractivity contribution in [1.29, 1.82) is 21.3 Å². The molecule has 10 heteroatoms. The van der Waals surface area contributed by atoms with Crippen molar-refractivity contribution in [1.82, 2.24) is 31.5 Å². The Bertz CT molecular complexity index is 366. The third-order valence-corrected chi connectivity index (χ3v) is 2.40. The number of hydrogen-bond donors (Lipinski definition) is 6. The Balaban J connectivity index is 2.35. The normalized spacial score (nSPS) is 16.3. The van der Waals surface area contributed by atoms with Crippen LogP contribution in [-0.2, 0) is 0 Å². The van der Waals surface area contributed by atoms with Crippen LogP contribution in [0.15, 0.2) is 0 Å². The van der Waals surface area contributed by atoms with E-state index in [1.54, 1.807) is 12.4 Å². The third kappa shape index (κ3) is 5.54. The van der Waals surface area contributed by atoms with Gasteiger partial charge in [-0.2, -0.15) is 10.5 Å². The second-order valence-electron chi connectivity index (χ2n) is 3.77. The van der Waals surface area contributed by atoms with Gasteiger partial charge in [0.25, 0.3) is 0 Å². The zero-order valence-electron chi connectivity index (χ0n) is 10.3. The fraction of sp³-hybridized carbons (Fsp3) is 0.556. The molecule has 1 rings (SSSR count). The first kappa shape index (κ1) is 14.5. The Morgan fingerprint density at radius 3 is 1.63 bits per heavy atom. The Morgan fingerprint density at radius 1 is 0.842 bits per heavy atom. The van der Waals surface area contributed by atoms with E-state index < -0.39 is 0 Å². The summed E-state index contributed by atoms with van der Waals surface area (Å²) in [6.07, 6.45) is 4.16. The van der Waals surface area contributed by atoms with Crippen molar-refractivity contribution >= 4 is 11.9 Å². The van der Waals surface area contributed by atoms with Gasteiger partial charge in [-0.05, 0) is 6.42 Å². The minimum Gasteiger partial charge on any atom is -0.288 e. The molecule has 1 fully saturated rings. The first-order valence-corrected chi connectivity index (χ1v) is 5.66. The topological polar surface area (TPSA) is 150 Å². The number of nitrogens with one attached hydrogen (secondary N) is 6. The zero-order chi connectivity index (χ0) is 14.1. The molecule has 0 atom stereocenters. The van der Waals surface area contributed by atoms with Crippen molar-refractivity contribution < 1.29 is 0 Å². The second-order valence-corrected chi connectivity index (χ2v) is 3.77. The van der Waals surface area contributed by atoms with Crippen LogP contribution in [0.4, 0.5) is 0 Å². The van der Waals surface area contributed by atoms with Gasteiger partial charge in [-0.3, -0.25) is 32.3 Å². The molecule has 0 aromatic rings. The summed E-state index contributed by atoms with van der Waals surface area (Å²) in [5.41, 5.74) is 5.53. The summed E-state index contributed by atoms with van der Waals surface area (Å²) in [5.74, 6) is -0.134. The maximum Gasteiger partial charge on any atom is 0.216 e. The molecule has 0 radical (unpaired) electrons. The lowest BCUT2D eigenvalue weighted by molar-refractivity contribution is 0.212. The number of hydrogen-bond acceptors (Lipinski definition) is 6. The molecule has 6 N–H and O–H groups in total. The minimum absolute atomic E-state index is 0.0669. The Labute approximate surface area is 110 Å². The lowest BCUT2D eigenvalue weighted by Gasteiger charge is -2.23. The minimum atomic E-state index is -0.0669. The molecular formula is C9H16N10. The Morgan fingerprint density at radius 2 is 1.26 bits per heavy atom. The average molecular weight is 264 g/mol. The highest BCUT2D eigenvalue weighted by Gasteiger charge is 2.15. The number of guanidine groups is 2. The molecule has 1 aliphatic rings. The summed E-state index contributed by atoms with van der Waals surface area (Å²) in [5, 5.41) is 39.6. The highest BCUT2D eigenvalue weighted by Crippen LogP contribution is 1.97. The van der Waals surface area contributed by atoms with Crippen LogP contribution in [-0.4, -0.2) is 48.1 Å². The van der Waals surface area contributed by atoms with E-state index in [9.17, 15) is 0 Å². The van der Waals surface area contributed by atoms with Crippen molar-refractivity contribution in [3.63, 3.8) is 0 Å². The summed E-state index contributed by atoms with van der Waals surface area (Å²) >= 11 is 0. The van der Waals surface area contributed by atoms with Crippen LogP contribution in [0.1, 0.15) is 6.42 Å². The fourth-order valence-electron chi connectivity index (χ4n) is 1.62. The van der Waals surface area contributed by atoms with Gasteiger partial charge in [0.2, 0.25) is 11.9 Å². The standard InChI is InChI=1S/C9H16N10/c10-6-14-8(12)16-18-2-1-3-19(5-4-18)17-9(13)15-7-11/h1-5H2,(H3,12,14,16)(H3,13,15,17). The molecule has 1 aliphatic heterocycles. The molecule has 0 unspecified atom stereocenters. The van der Waals surface area contributed by atoms with Crippen LogP contribution in [0, 0.1) is 33.7 Å². The van der Waals surface area contributed by atoms with Crippen molar-refractivity contribution in [3.05, 3.63) is 0 Å². The van der Waals surface area contributed by atoms with E-state index in [1.807, 2.05) is 10.0 Å². The molecule has 0 bridgehead atoms. The number of hydrazine groups is 2. The van der Waals surface area contributed by atoms with Crippen LogP contribution in [0.5, 0.6) is 0 Å². The molecule has 1 saturated heterocycles. The van der Waals surface area contributed by atoms with Gasteiger partial charge in [0.1, 0.15) is 0 Å². The molecule has 0 aromatic carbocycles. The smallest absolute Gasteiger partial charge is 0.216 e. The number of nitriles is 2. The largest absolute Gasteiger partial charge is 0.288 e. The lowest BCUT2D eigenvalue weighted by atomic mass is 10.4. The predicted molar refractivity (Wildman–Crippen MR) is 67.0 cm³/mol. The molecule has 0 saturated carbocycles. The van der Waals surface area contributed by atoms with Crippen LogP contribution >= 0.6 is 0 Å². The molecule has 10 nitrogen and oxygen atoms in total. The summed E-state index contributed by atoms with van der Waals surface area (Å²) in [7, 11) is 0. The molecule has 0 amide bonds. The van der Waals surface area contributed by atoms with Gasteiger partial charge in [-0.15, -0.1) is 0 Å². The SMILES string of the molecule is N#CNC(=N)NN1CCCN(NC(=N)NC#N)CC1. The summed E-state index contributed by atoms with van der Waals surface area (Å²) < 4.78 is 0. The monoisotopic (exact) mass is 264 g/mol. The van der Waals surface area contributed by atoms with Gasteiger partial charge in [-0.25, -0.2) is 10.0 Å². The molecule has 0 aromatic heterocycles. The van der Waals surface area contributed by atoms with Crippen molar-refractivity contribution in [3.8, 4) is 12.4 Å². The van der Waals surface area contributed by atoms with Gasteiger partial charge in [0.15, 0.2) is 12.4 Å². The zero-order valence-corrected chi connectivity index (χ0v) is 10.3. The highest BCUT2D eigenvalue weighted by molar-refractivity contribution is 5.77. The maximum atomic E-state index is 8.38. The average Bonchev–Trinajstić information content (AvgIpc) is 2.55. The van der Waals surface area contributed by atoms with E-state index in [0.29, 0.717) is 26.2 Å². The second kappa shape index (κ2) is 7.71. The number of nitrogens with zero attached hydrogens (tertiary/aromatic N) is 4. The van der Waals surface area contributed by atoms with E-state index in [1.165, 1.54) is 0 Å². The van der Waals surface area contributed by atoms with Gasteiger partial charge in [-0.1, -0.05) is 0 Å². The van der Waals surface area contributed by atoms with Crippen LogP contribution in [0.3, 0.4) is 0 Å². The van der Waals surface area contributed by atoms with Crippen molar-refractivity contribution in [2.75, 3.05) is 26.2 Å². The molecule has 0 aliphatic carbocycles. The maximum absolute atomic E-state index is 8.38. The third-order valence-electron chi connectivity index (χ3n) is 2.40. The van der Waals surface area contributed by atoms with Crippen molar-refractivity contribution in [2.45, 2.75) is 6.42 Å². The van der Waals surface area contributed by atoms with Crippen LogP contribution in [0.2, 0.25) is 0 Å². The first-order valence-electron chi connectivity index (χ1n) is 5.66. The summed E-state index contributed by atoms with van der Waals surface area (Å²) in [4.78, 5) is 0. The first-order chi connectivity index (χ1) is 9.15. The van der Waals surface area contributed by atoms with Crippen LogP contribution < -0.4 is 21.5 Å². The van der Waals surface area contributed by atoms with E-state index in [-0.39, 0.29) is 11.9 Å². The predicted octanol–water partition coefficient (Wildman–Crippen LogP) is -1.99. The molecule has 102 valence electrons. The fourth-order valence-corrected chi connectivity index (χ4v) is 1.62. The molecule has 1 heterocycles. The Hall–Kier alpha value is -2.56. The Kier molecular flexibility index (Phi) is 5.88.